The van der Waals surface area contributed by atoms with Gasteiger partial charge in [0.2, 0.25) is 11.8 Å². The van der Waals surface area contributed by atoms with Crippen LogP contribution in [-0.4, -0.2) is 42.4 Å². The number of carbonyl (C=O) groups is 2. The minimum Gasteiger partial charge on any atom is -0.356 e. The molecule has 2 aliphatic rings. The molecule has 5 nitrogen and oxygen atoms in total. The van der Waals surface area contributed by atoms with Gasteiger partial charge in [0.15, 0.2) is 0 Å². The normalized spacial score (nSPS) is 25.4. The molecule has 1 aliphatic carbocycles. The molecule has 5 heteroatoms. The summed E-state index contributed by atoms with van der Waals surface area (Å²) in [5.41, 5.74) is 6.07. The second kappa shape index (κ2) is 6.12. The highest BCUT2D eigenvalue weighted by atomic mass is 16.2. The molecule has 114 valence electrons. The molecule has 0 aromatic carbocycles. The first-order valence-corrected chi connectivity index (χ1v) is 7.71. The maximum absolute atomic E-state index is 12.2. The Morgan fingerprint density at radius 3 is 2.60 bits per heavy atom. The summed E-state index contributed by atoms with van der Waals surface area (Å²) >= 11 is 0. The monoisotopic (exact) mass is 281 g/mol. The van der Waals surface area contributed by atoms with E-state index < -0.39 is 0 Å². The summed E-state index contributed by atoms with van der Waals surface area (Å²) in [5, 5.41) is 2.90. The first-order valence-electron chi connectivity index (χ1n) is 7.71. The van der Waals surface area contributed by atoms with Crippen LogP contribution in [0.25, 0.3) is 0 Å². The standard InChI is InChI=1S/C15H27N3O2/c1-15(2)10-18(9-7-12(15)16)13(19)4-3-8-17-14(20)11-5-6-11/h11-12H,3-10,16H2,1-2H3,(H,17,20). The predicted molar refractivity (Wildman–Crippen MR) is 77.9 cm³/mol. The topological polar surface area (TPSA) is 75.4 Å². The molecule has 0 spiro atoms. The molecule has 1 aliphatic heterocycles. The lowest BCUT2D eigenvalue weighted by Crippen LogP contribution is -2.54. The third-order valence-corrected chi connectivity index (χ3v) is 4.48. The molecule has 1 heterocycles. The number of hydrogen-bond donors (Lipinski definition) is 2. The number of rotatable bonds is 5. The van der Waals surface area contributed by atoms with Gasteiger partial charge in [-0.05, 0) is 31.1 Å². The highest BCUT2D eigenvalue weighted by Gasteiger charge is 2.35. The minimum absolute atomic E-state index is 0.00585. The van der Waals surface area contributed by atoms with Crippen LogP contribution in [0.1, 0.15) is 46.0 Å². The van der Waals surface area contributed by atoms with Gasteiger partial charge in [-0.15, -0.1) is 0 Å². The van der Waals surface area contributed by atoms with Crippen molar-refractivity contribution in [2.75, 3.05) is 19.6 Å². The third-order valence-electron chi connectivity index (χ3n) is 4.48. The van der Waals surface area contributed by atoms with Crippen molar-refractivity contribution in [3.8, 4) is 0 Å². The molecule has 3 N–H and O–H groups in total. The van der Waals surface area contributed by atoms with Gasteiger partial charge in [-0.3, -0.25) is 9.59 Å². The maximum atomic E-state index is 12.2. The first kappa shape index (κ1) is 15.3. The van der Waals surface area contributed by atoms with Crippen molar-refractivity contribution in [1.82, 2.24) is 10.2 Å². The van der Waals surface area contributed by atoms with Crippen LogP contribution < -0.4 is 11.1 Å². The third kappa shape index (κ3) is 3.95. The molecular formula is C15H27N3O2. The number of hydrogen-bond acceptors (Lipinski definition) is 3. The molecule has 1 atom stereocenters. The van der Waals surface area contributed by atoms with Crippen molar-refractivity contribution >= 4 is 11.8 Å². The highest BCUT2D eigenvalue weighted by Crippen LogP contribution is 2.29. The summed E-state index contributed by atoms with van der Waals surface area (Å²) in [7, 11) is 0. The fraction of sp³-hybridized carbons (Fsp3) is 0.867. The SMILES string of the molecule is CC1(C)CN(C(=O)CCCNC(=O)C2CC2)CCC1N. The summed E-state index contributed by atoms with van der Waals surface area (Å²) < 4.78 is 0. The molecule has 20 heavy (non-hydrogen) atoms. The first-order chi connectivity index (χ1) is 9.40. The van der Waals surface area contributed by atoms with Crippen molar-refractivity contribution in [1.29, 1.82) is 0 Å². The number of likely N-dealkylation sites (tertiary alicyclic amines) is 1. The summed E-state index contributed by atoms with van der Waals surface area (Å²) in [6, 6.07) is 0.171. The fourth-order valence-electron chi connectivity index (χ4n) is 2.69. The molecule has 0 aromatic rings. The second-order valence-corrected chi connectivity index (χ2v) is 6.87. The van der Waals surface area contributed by atoms with E-state index in [2.05, 4.69) is 19.2 Å². The van der Waals surface area contributed by atoms with Gasteiger partial charge in [-0.25, -0.2) is 0 Å². The van der Waals surface area contributed by atoms with E-state index in [1.807, 2.05) is 4.90 Å². The van der Waals surface area contributed by atoms with E-state index in [0.717, 1.165) is 38.8 Å². The van der Waals surface area contributed by atoms with E-state index in [1.165, 1.54) is 0 Å². The Bertz CT molecular complexity index is 377. The molecular weight excluding hydrogens is 254 g/mol. The second-order valence-electron chi connectivity index (χ2n) is 6.87. The number of amides is 2. The maximum Gasteiger partial charge on any atom is 0.223 e. The summed E-state index contributed by atoms with van der Waals surface area (Å²) in [4.78, 5) is 25.5. The van der Waals surface area contributed by atoms with E-state index in [4.69, 9.17) is 5.73 Å². The van der Waals surface area contributed by atoms with Crippen molar-refractivity contribution in [3.05, 3.63) is 0 Å². The Morgan fingerprint density at radius 1 is 1.30 bits per heavy atom. The van der Waals surface area contributed by atoms with Gasteiger partial charge in [-0.2, -0.15) is 0 Å². The van der Waals surface area contributed by atoms with Crippen molar-refractivity contribution in [2.45, 2.75) is 52.0 Å². The molecule has 1 saturated heterocycles. The largest absolute Gasteiger partial charge is 0.356 e. The predicted octanol–water partition coefficient (Wildman–Crippen LogP) is 0.879. The molecule has 1 saturated carbocycles. The number of piperidine rings is 1. The highest BCUT2D eigenvalue weighted by molar-refractivity contribution is 5.81. The van der Waals surface area contributed by atoms with E-state index in [1.54, 1.807) is 0 Å². The number of carbonyl (C=O) groups excluding carboxylic acids is 2. The number of nitrogens with one attached hydrogen (secondary N) is 1. The Hall–Kier alpha value is -1.10. The van der Waals surface area contributed by atoms with Gasteiger partial charge >= 0.3 is 0 Å². The average molecular weight is 281 g/mol. The van der Waals surface area contributed by atoms with Crippen LogP contribution in [0.15, 0.2) is 0 Å². The zero-order chi connectivity index (χ0) is 14.8. The Labute approximate surface area is 121 Å². The lowest BCUT2D eigenvalue weighted by molar-refractivity contribution is -0.135. The fourth-order valence-corrected chi connectivity index (χ4v) is 2.69. The van der Waals surface area contributed by atoms with Crippen LogP contribution in [0, 0.1) is 11.3 Å². The minimum atomic E-state index is -0.00585. The summed E-state index contributed by atoms with van der Waals surface area (Å²) in [6.07, 6.45) is 4.15. The number of nitrogens with zero attached hydrogens (tertiary/aromatic N) is 1. The van der Waals surface area contributed by atoms with E-state index in [0.29, 0.717) is 13.0 Å². The van der Waals surface area contributed by atoms with Crippen LogP contribution in [0.2, 0.25) is 0 Å². The molecule has 2 rings (SSSR count). The molecule has 0 bridgehead atoms. The van der Waals surface area contributed by atoms with Crippen LogP contribution in [0.3, 0.4) is 0 Å². The molecule has 2 amide bonds. The average Bonchev–Trinajstić information content (AvgIpc) is 3.21. The molecule has 0 radical (unpaired) electrons. The van der Waals surface area contributed by atoms with Crippen LogP contribution in [0.5, 0.6) is 0 Å². The quantitative estimate of drug-likeness (QED) is 0.735. The smallest absolute Gasteiger partial charge is 0.223 e. The molecule has 2 fully saturated rings. The van der Waals surface area contributed by atoms with E-state index in [-0.39, 0.29) is 29.2 Å². The van der Waals surface area contributed by atoms with Crippen LogP contribution in [0.4, 0.5) is 0 Å². The van der Waals surface area contributed by atoms with Gasteiger partial charge in [0.25, 0.3) is 0 Å². The number of nitrogens with two attached hydrogens (primary N) is 1. The Morgan fingerprint density at radius 2 is 2.00 bits per heavy atom. The zero-order valence-electron chi connectivity index (χ0n) is 12.7. The lowest BCUT2D eigenvalue weighted by atomic mass is 9.79. The van der Waals surface area contributed by atoms with Gasteiger partial charge in [0.1, 0.15) is 0 Å². The van der Waals surface area contributed by atoms with Gasteiger partial charge in [-0.1, -0.05) is 13.8 Å². The Balaban J connectivity index is 1.65. The van der Waals surface area contributed by atoms with Crippen molar-refractivity contribution in [3.63, 3.8) is 0 Å². The summed E-state index contributed by atoms with van der Waals surface area (Å²) in [6.45, 7) is 6.34. The van der Waals surface area contributed by atoms with Crippen LogP contribution >= 0.6 is 0 Å². The van der Waals surface area contributed by atoms with E-state index >= 15 is 0 Å². The summed E-state index contributed by atoms with van der Waals surface area (Å²) in [5.74, 6) is 0.586. The van der Waals surface area contributed by atoms with Gasteiger partial charge in [0, 0.05) is 38.0 Å². The Kier molecular flexibility index (Phi) is 4.68. The van der Waals surface area contributed by atoms with Gasteiger partial charge < -0.3 is 16.0 Å². The van der Waals surface area contributed by atoms with E-state index in [9.17, 15) is 9.59 Å². The van der Waals surface area contributed by atoms with Crippen molar-refractivity contribution < 1.29 is 9.59 Å². The lowest BCUT2D eigenvalue weighted by Gasteiger charge is -2.42. The molecule has 1 unspecified atom stereocenters. The zero-order valence-corrected chi connectivity index (χ0v) is 12.7. The van der Waals surface area contributed by atoms with Crippen LogP contribution in [-0.2, 0) is 9.59 Å². The van der Waals surface area contributed by atoms with Gasteiger partial charge in [0.05, 0.1) is 0 Å². The molecule has 0 aromatic heterocycles. The van der Waals surface area contributed by atoms with Crippen molar-refractivity contribution in [2.24, 2.45) is 17.1 Å².